The highest BCUT2D eigenvalue weighted by molar-refractivity contribution is 5.85. The molecule has 4 heteroatoms. The number of carbonyl (C=O) groups is 1. The molecule has 1 spiro atoms. The minimum atomic E-state index is -0.298. The molecule has 3 nitrogen and oxygen atoms in total. The van der Waals surface area contributed by atoms with E-state index in [1.807, 2.05) is 18.7 Å². The van der Waals surface area contributed by atoms with Crippen molar-refractivity contribution >= 4 is 18.3 Å². The Hall–Kier alpha value is -0.280. The molecule has 0 aromatic heterocycles. The zero-order valence-electron chi connectivity index (χ0n) is 9.53. The molecule has 15 heavy (non-hydrogen) atoms. The first-order valence-corrected chi connectivity index (χ1v) is 5.64. The van der Waals surface area contributed by atoms with E-state index >= 15 is 0 Å². The van der Waals surface area contributed by atoms with Gasteiger partial charge in [-0.25, -0.2) is 0 Å². The summed E-state index contributed by atoms with van der Waals surface area (Å²) in [5.41, 5.74) is 6.13. The summed E-state index contributed by atoms with van der Waals surface area (Å²) in [6, 6.07) is -0.298. The Morgan fingerprint density at radius 1 is 1.33 bits per heavy atom. The lowest BCUT2D eigenvalue weighted by atomic mass is 9.67. The number of hydrogen-bond donors (Lipinski definition) is 1. The van der Waals surface area contributed by atoms with Gasteiger partial charge in [-0.3, -0.25) is 4.79 Å². The highest BCUT2D eigenvalue weighted by Crippen LogP contribution is 2.47. The van der Waals surface area contributed by atoms with Crippen LogP contribution in [-0.4, -0.2) is 28.9 Å². The molecule has 1 aliphatic carbocycles. The molecule has 0 radical (unpaired) electrons. The van der Waals surface area contributed by atoms with E-state index in [0.717, 1.165) is 6.54 Å². The van der Waals surface area contributed by atoms with Crippen molar-refractivity contribution in [1.29, 1.82) is 0 Å². The molecule has 2 rings (SSSR count). The van der Waals surface area contributed by atoms with Gasteiger partial charge in [-0.1, -0.05) is 13.8 Å². The van der Waals surface area contributed by atoms with Crippen LogP contribution in [0.4, 0.5) is 0 Å². The summed E-state index contributed by atoms with van der Waals surface area (Å²) in [6.45, 7) is 4.95. The van der Waals surface area contributed by atoms with Crippen molar-refractivity contribution in [3.05, 3.63) is 0 Å². The molecular formula is C11H21ClN2O. The molecule has 0 aromatic carbocycles. The number of halogens is 1. The van der Waals surface area contributed by atoms with Crippen LogP contribution in [0.15, 0.2) is 0 Å². The van der Waals surface area contributed by atoms with Crippen LogP contribution in [0, 0.1) is 5.92 Å². The number of nitrogens with two attached hydrogens (primary N) is 1. The second-order valence-electron chi connectivity index (χ2n) is 5.09. The molecule has 2 fully saturated rings. The maximum absolute atomic E-state index is 12.0. The van der Waals surface area contributed by atoms with Gasteiger partial charge in [-0.15, -0.1) is 12.4 Å². The van der Waals surface area contributed by atoms with Crippen molar-refractivity contribution in [2.75, 3.05) is 6.54 Å². The molecule has 2 N–H and O–H groups in total. The Balaban J connectivity index is 0.00000112. The molecule has 1 aliphatic heterocycles. The summed E-state index contributed by atoms with van der Waals surface area (Å²) < 4.78 is 0. The standard InChI is InChI=1S/C11H20N2O.ClH/c1-8(2)9(12)10(14)13-7-6-11(13)4-3-5-11;/h8-9H,3-7,12H2,1-2H3;1H. The van der Waals surface area contributed by atoms with Gasteiger partial charge < -0.3 is 10.6 Å². The third-order valence-electron chi connectivity index (χ3n) is 3.93. The quantitative estimate of drug-likeness (QED) is 0.785. The fraction of sp³-hybridized carbons (Fsp3) is 0.909. The first-order chi connectivity index (χ1) is 6.57. The highest BCUT2D eigenvalue weighted by atomic mass is 35.5. The summed E-state index contributed by atoms with van der Waals surface area (Å²) >= 11 is 0. The number of rotatable bonds is 2. The summed E-state index contributed by atoms with van der Waals surface area (Å²) in [7, 11) is 0. The third-order valence-corrected chi connectivity index (χ3v) is 3.93. The van der Waals surface area contributed by atoms with Crippen molar-refractivity contribution in [1.82, 2.24) is 4.90 Å². The Kier molecular flexibility index (Phi) is 3.67. The van der Waals surface area contributed by atoms with Crippen molar-refractivity contribution in [3.8, 4) is 0 Å². The topological polar surface area (TPSA) is 46.3 Å². The van der Waals surface area contributed by atoms with Gasteiger partial charge in [0.1, 0.15) is 0 Å². The van der Waals surface area contributed by atoms with Crippen molar-refractivity contribution in [2.45, 2.75) is 51.1 Å². The van der Waals surface area contributed by atoms with Crippen LogP contribution in [0.1, 0.15) is 39.5 Å². The third kappa shape index (κ3) is 1.87. The fourth-order valence-electron chi connectivity index (χ4n) is 2.45. The smallest absolute Gasteiger partial charge is 0.240 e. The van der Waals surface area contributed by atoms with Crippen LogP contribution < -0.4 is 5.73 Å². The van der Waals surface area contributed by atoms with Crippen LogP contribution in [0.3, 0.4) is 0 Å². The lowest BCUT2D eigenvalue weighted by Crippen LogP contribution is -2.68. The van der Waals surface area contributed by atoms with E-state index < -0.39 is 0 Å². The Labute approximate surface area is 97.8 Å². The second-order valence-corrected chi connectivity index (χ2v) is 5.09. The van der Waals surface area contributed by atoms with Crippen molar-refractivity contribution < 1.29 is 4.79 Å². The molecule has 1 amide bonds. The molecule has 2 aliphatic rings. The SMILES string of the molecule is CC(C)C(N)C(=O)N1CCC12CCC2.Cl. The normalized spacial score (nSPS) is 24.1. The Bertz CT molecular complexity index is 245. The predicted octanol–water partition coefficient (Wildman–Crippen LogP) is 1.55. The lowest BCUT2D eigenvalue weighted by molar-refractivity contribution is -0.158. The zero-order chi connectivity index (χ0) is 10.3. The number of amides is 1. The molecule has 1 unspecified atom stereocenters. The average molecular weight is 233 g/mol. The number of hydrogen-bond acceptors (Lipinski definition) is 2. The summed E-state index contributed by atoms with van der Waals surface area (Å²) in [4.78, 5) is 14.0. The molecule has 1 heterocycles. The van der Waals surface area contributed by atoms with E-state index in [4.69, 9.17) is 5.73 Å². The van der Waals surface area contributed by atoms with Crippen LogP contribution in [0.2, 0.25) is 0 Å². The molecule has 1 saturated carbocycles. The number of likely N-dealkylation sites (tertiary alicyclic amines) is 1. The lowest BCUT2D eigenvalue weighted by Gasteiger charge is -2.59. The zero-order valence-corrected chi connectivity index (χ0v) is 10.3. The van der Waals surface area contributed by atoms with Crippen LogP contribution in [0.25, 0.3) is 0 Å². The van der Waals surface area contributed by atoms with Gasteiger partial charge in [0, 0.05) is 12.1 Å². The minimum Gasteiger partial charge on any atom is -0.336 e. The maximum atomic E-state index is 12.0. The molecular weight excluding hydrogens is 212 g/mol. The fourth-order valence-corrected chi connectivity index (χ4v) is 2.45. The first kappa shape index (κ1) is 12.8. The maximum Gasteiger partial charge on any atom is 0.240 e. The monoisotopic (exact) mass is 232 g/mol. The average Bonchev–Trinajstić information content (AvgIpc) is 1.97. The molecule has 0 aromatic rings. The molecule has 1 saturated heterocycles. The van der Waals surface area contributed by atoms with Crippen LogP contribution in [0.5, 0.6) is 0 Å². The van der Waals surface area contributed by atoms with E-state index in [1.165, 1.54) is 25.7 Å². The van der Waals surface area contributed by atoms with Crippen LogP contribution in [-0.2, 0) is 4.79 Å². The predicted molar refractivity (Wildman–Crippen MR) is 63.0 cm³/mol. The van der Waals surface area contributed by atoms with E-state index in [2.05, 4.69) is 0 Å². The van der Waals surface area contributed by atoms with E-state index in [1.54, 1.807) is 0 Å². The Morgan fingerprint density at radius 3 is 2.20 bits per heavy atom. The number of carbonyl (C=O) groups excluding carboxylic acids is 1. The van der Waals surface area contributed by atoms with Crippen molar-refractivity contribution in [2.24, 2.45) is 11.7 Å². The van der Waals surface area contributed by atoms with Crippen LogP contribution >= 0.6 is 12.4 Å². The molecule has 0 bridgehead atoms. The van der Waals surface area contributed by atoms with Crippen molar-refractivity contribution in [3.63, 3.8) is 0 Å². The highest BCUT2D eigenvalue weighted by Gasteiger charge is 2.51. The largest absolute Gasteiger partial charge is 0.336 e. The summed E-state index contributed by atoms with van der Waals surface area (Å²) in [6.07, 6.45) is 4.87. The van der Waals surface area contributed by atoms with E-state index in [0.29, 0.717) is 0 Å². The van der Waals surface area contributed by atoms with Gasteiger partial charge in [0.2, 0.25) is 5.91 Å². The van der Waals surface area contributed by atoms with Gasteiger partial charge in [0.25, 0.3) is 0 Å². The summed E-state index contributed by atoms with van der Waals surface area (Å²) in [5, 5.41) is 0. The minimum absolute atomic E-state index is 0. The number of nitrogens with zero attached hydrogens (tertiary/aromatic N) is 1. The molecule has 1 atom stereocenters. The molecule has 88 valence electrons. The van der Waals surface area contributed by atoms with Gasteiger partial charge in [-0.05, 0) is 31.6 Å². The van der Waals surface area contributed by atoms with E-state index in [-0.39, 0.29) is 35.8 Å². The first-order valence-electron chi connectivity index (χ1n) is 5.64. The second kappa shape index (κ2) is 4.30. The van der Waals surface area contributed by atoms with Gasteiger partial charge >= 0.3 is 0 Å². The summed E-state index contributed by atoms with van der Waals surface area (Å²) in [5.74, 6) is 0.422. The van der Waals surface area contributed by atoms with Gasteiger partial charge in [0.05, 0.1) is 6.04 Å². The van der Waals surface area contributed by atoms with Gasteiger partial charge in [0.15, 0.2) is 0 Å². The Morgan fingerprint density at radius 2 is 1.93 bits per heavy atom. The van der Waals surface area contributed by atoms with E-state index in [9.17, 15) is 4.79 Å². The van der Waals surface area contributed by atoms with Gasteiger partial charge in [-0.2, -0.15) is 0 Å².